The summed E-state index contributed by atoms with van der Waals surface area (Å²) in [6.45, 7) is 0. The Bertz CT molecular complexity index is 472. The van der Waals surface area contributed by atoms with Crippen LogP contribution in [0.5, 0.6) is 0 Å². The molecule has 1 N–H and O–H groups in total. The highest BCUT2D eigenvalue weighted by Crippen LogP contribution is 2.30. The van der Waals surface area contributed by atoms with Crippen molar-refractivity contribution in [3.63, 3.8) is 0 Å². The van der Waals surface area contributed by atoms with Gasteiger partial charge in [0.25, 0.3) is 0 Å². The minimum absolute atomic E-state index is 0.253. The van der Waals surface area contributed by atoms with Gasteiger partial charge in [-0.15, -0.1) is 0 Å². The minimum Gasteiger partial charge on any atom is -0.550 e. The fourth-order valence-corrected chi connectivity index (χ4v) is 2.62. The van der Waals surface area contributed by atoms with Gasteiger partial charge in [-0.25, -0.2) is 0 Å². The van der Waals surface area contributed by atoms with Crippen molar-refractivity contribution in [1.29, 1.82) is 0 Å². The summed E-state index contributed by atoms with van der Waals surface area (Å²) >= 11 is 5.76. The van der Waals surface area contributed by atoms with Crippen LogP contribution in [0.3, 0.4) is 0 Å². The highest BCUT2D eigenvalue weighted by Gasteiger charge is 2.31. The highest BCUT2D eigenvalue weighted by atomic mass is 35.5. The van der Waals surface area contributed by atoms with Crippen molar-refractivity contribution in [2.24, 2.45) is 11.8 Å². The van der Waals surface area contributed by atoms with Gasteiger partial charge in [0.2, 0.25) is 5.91 Å². The van der Waals surface area contributed by atoms with Crippen LogP contribution in [0.4, 0.5) is 5.69 Å². The SMILES string of the molecule is O=C([O-])[C@H]1CCCC[C@@H]1C(=O)Nc1ccc(Cl)cc1. The van der Waals surface area contributed by atoms with Gasteiger partial charge in [0.05, 0.1) is 0 Å². The minimum atomic E-state index is -1.13. The number of aliphatic carboxylic acids is 1. The van der Waals surface area contributed by atoms with E-state index in [4.69, 9.17) is 11.6 Å². The molecule has 0 aromatic heterocycles. The van der Waals surface area contributed by atoms with E-state index >= 15 is 0 Å². The van der Waals surface area contributed by atoms with E-state index in [1.54, 1.807) is 24.3 Å². The van der Waals surface area contributed by atoms with Crippen molar-refractivity contribution < 1.29 is 14.7 Å². The summed E-state index contributed by atoms with van der Waals surface area (Å²) in [5.41, 5.74) is 0.622. The van der Waals surface area contributed by atoms with Gasteiger partial charge in [-0.2, -0.15) is 0 Å². The number of rotatable bonds is 3. The van der Waals surface area contributed by atoms with Crippen LogP contribution in [0.25, 0.3) is 0 Å². The molecule has 1 saturated carbocycles. The summed E-state index contributed by atoms with van der Waals surface area (Å²) in [4.78, 5) is 23.2. The second kappa shape index (κ2) is 6.06. The molecule has 0 unspecified atom stereocenters. The lowest BCUT2D eigenvalue weighted by molar-refractivity contribution is -0.313. The van der Waals surface area contributed by atoms with E-state index in [2.05, 4.69) is 5.32 Å². The van der Waals surface area contributed by atoms with Crippen molar-refractivity contribution in [3.8, 4) is 0 Å². The largest absolute Gasteiger partial charge is 0.550 e. The number of halogens is 1. The molecular weight excluding hydrogens is 266 g/mol. The smallest absolute Gasteiger partial charge is 0.228 e. The summed E-state index contributed by atoms with van der Waals surface area (Å²) in [7, 11) is 0. The number of carbonyl (C=O) groups excluding carboxylic acids is 2. The molecular formula is C14H15ClNO3-. The summed E-state index contributed by atoms with van der Waals surface area (Å²) in [6.07, 6.45) is 2.82. The van der Waals surface area contributed by atoms with Crippen LogP contribution in [0.1, 0.15) is 25.7 Å². The highest BCUT2D eigenvalue weighted by molar-refractivity contribution is 6.30. The van der Waals surface area contributed by atoms with Gasteiger partial charge in [-0.05, 0) is 37.1 Å². The first-order valence-corrected chi connectivity index (χ1v) is 6.73. The maximum Gasteiger partial charge on any atom is 0.228 e. The molecule has 0 bridgehead atoms. The Kier molecular flexibility index (Phi) is 4.43. The Morgan fingerprint density at radius 1 is 1.11 bits per heavy atom. The number of amides is 1. The van der Waals surface area contributed by atoms with Crippen LogP contribution in [-0.4, -0.2) is 11.9 Å². The zero-order valence-electron chi connectivity index (χ0n) is 10.4. The van der Waals surface area contributed by atoms with Gasteiger partial charge < -0.3 is 15.2 Å². The van der Waals surface area contributed by atoms with Gasteiger partial charge in [0.1, 0.15) is 0 Å². The first-order chi connectivity index (χ1) is 9.08. The molecule has 102 valence electrons. The number of hydrogen-bond donors (Lipinski definition) is 1. The van der Waals surface area contributed by atoms with Crippen molar-refractivity contribution in [3.05, 3.63) is 29.3 Å². The fourth-order valence-electron chi connectivity index (χ4n) is 2.49. The van der Waals surface area contributed by atoms with Crippen molar-refractivity contribution in [2.45, 2.75) is 25.7 Å². The Labute approximate surface area is 116 Å². The Morgan fingerprint density at radius 2 is 1.68 bits per heavy atom. The van der Waals surface area contributed by atoms with Gasteiger partial charge in [-0.1, -0.05) is 24.4 Å². The molecule has 1 amide bonds. The quantitative estimate of drug-likeness (QED) is 0.918. The number of benzene rings is 1. The summed E-state index contributed by atoms with van der Waals surface area (Å²) in [5, 5.41) is 14.4. The van der Waals surface area contributed by atoms with Gasteiger partial charge in [-0.3, -0.25) is 4.79 Å². The molecule has 2 rings (SSSR count). The van der Waals surface area contributed by atoms with Gasteiger partial charge in [0, 0.05) is 28.5 Å². The van der Waals surface area contributed by atoms with Crippen LogP contribution in [0.15, 0.2) is 24.3 Å². The molecule has 0 saturated heterocycles. The molecule has 0 radical (unpaired) electrons. The third-order valence-corrected chi connectivity index (χ3v) is 3.77. The van der Waals surface area contributed by atoms with E-state index in [0.717, 1.165) is 12.8 Å². The second-order valence-corrected chi connectivity index (χ2v) is 5.25. The molecule has 0 heterocycles. The summed E-state index contributed by atoms with van der Waals surface area (Å²) in [5.74, 6) is -2.57. The number of carboxylic acid groups (broad SMARTS) is 1. The van der Waals surface area contributed by atoms with E-state index < -0.39 is 17.8 Å². The standard InChI is InChI=1S/C14H16ClNO3/c15-9-5-7-10(8-6-9)16-13(17)11-3-1-2-4-12(11)14(18)19/h5-8,11-12H,1-4H2,(H,16,17)(H,18,19)/p-1/t11-,12-/m0/s1. The lowest BCUT2D eigenvalue weighted by Crippen LogP contribution is -2.42. The molecule has 4 nitrogen and oxygen atoms in total. The average molecular weight is 281 g/mol. The topological polar surface area (TPSA) is 69.2 Å². The predicted octanol–water partition coefficient (Wildman–Crippen LogP) is 1.83. The zero-order chi connectivity index (χ0) is 13.8. The van der Waals surface area contributed by atoms with E-state index in [0.29, 0.717) is 23.6 Å². The third kappa shape index (κ3) is 3.47. The van der Waals surface area contributed by atoms with Gasteiger partial charge in [0.15, 0.2) is 0 Å². The molecule has 1 aromatic carbocycles. The maximum absolute atomic E-state index is 12.1. The number of anilines is 1. The van der Waals surface area contributed by atoms with Crippen molar-refractivity contribution in [2.75, 3.05) is 5.32 Å². The maximum atomic E-state index is 12.1. The molecule has 5 heteroatoms. The molecule has 2 atom stereocenters. The Balaban J connectivity index is 2.05. The van der Waals surface area contributed by atoms with Crippen LogP contribution in [0, 0.1) is 11.8 Å². The van der Waals surface area contributed by atoms with E-state index in [9.17, 15) is 14.7 Å². The van der Waals surface area contributed by atoms with Crippen molar-refractivity contribution >= 4 is 29.2 Å². The monoisotopic (exact) mass is 280 g/mol. The molecule has 1 aliphatic rings. The third-order valence-electron chi connectivity index (χ3n) is 3.52. The Morgan fingerprint density at radius 3 is 2.26 bits per heavy atom. The number of carbonyl (C=O) groups is 2. The Hall–Kier alpha value is -1.55. The molecule has 1 fully saturated rings. The molecule has 0 spiro atoms. The molecule has 1 aliphatic carbocycles. The summed E-state index contributed by atoms with van der Waals surface area (Å²) in [6, 6.07) is 6.73. The van der Waals surface area contributed by atoms with E-state index in [-0.39, 0.29) is 5.91 Å². The number of nitrogens with one attached hydrogen (secondary N) is 1. The lowest BCUT2D eigenvalue weighted by Gasteiger charge is -2.31. The lowest BCUT2D eigenvalue weighted by atomic mass is 9.78. The first kappa shape index (κ1) is 13.9. The van der Waals surface area contributed by atoms with E-state index in [1.807, 2.05) is 0 Å². The number of hydrogen-bond acceptors (Lipinski definition) is 3. The second-order valence-electron chi connectivity index (χ2n) is 4.81. The van der Waals surface area contributed by atoms with Crippen molar-refractivity contribution in [1.82, 2.24) is 0 Å². The summed E-state index contributed by atoms with van der Waals surface area (Å²) < 4.78 is 0. The zero-order valence-corrected chi connectivity index (χ0v) is 11.2. The molecule has 0 aliphatic heterocycles. The van der Waals surface area contributed by atoms with Crippen LogP contribution < -0.4 is 10.4 Å². The van der Waals surface area contributed by atoms with Crippen LogP contribution >= 0.6 is 11.6 Å². The fraction of sp³-hybridized carbons (Fsp3) is 0.429. The first-order valence-electron chi connectivity index (χ1n) is 6.35. The number of carboxylic acids is 1. The average Bonchev–Trinajstić information content (AvgIpc) is 2.41. The normalized spacial score (nSPS) is 22.8. The van der Waals surface area contributed by atoms with Crippen LogP contribution in [0.2, 0.25) is 5.02 Å². The predicted molar refractivity (Wildman–Crippen MR) is 70.5 cm³/mol. The van der Waals surface area contributed by atoms with Gasteiger partial charge >= 0.3 is 0 Å². The molecule has 19 heavy (non-hydrogen) atoms. The molecule has 1 aromatic rings. The van der Waals surface area contributed by atoms with Crippen LogP contribution in [-0.2, 0) is 9.59 Å². The van der Waals surface area contributed by atoms with E-state index in [1.165, 1.54) is 0 Å².